The molecule has 0 bridgehead atoms. The molecule has 0 saturated heterocycles. The van der Waals surface area contributed by atoms with Crippen molar-refractivity contribution in [3.05, 3.63) is 65.2 Å². The highest BCUT2D eigenvalue weighted by molar-refractivity contribution is 5.78. The van der Waals surface area contributed by atoms with Gasteiger partial charge in [0.15, 0.2) is 0 Å². The molecule has 0 aliphatic rings. The Balaban J connectivity index is 1.97. The zero-order valence-electron chi connectivity index (χ0n) is 16.5. The third-order valence-corrected chi connectivity index (χ3v) is 4.75. The maximum Gasteiger partial charge on any atom is 0.236 e. The number of rotatable bonds is 7. The van der Waals surface area contributed by atoms with Gasteiger partial charge in [0, 0.05) is 45.0 Å². The number of carbonyl (C=O) groups excluding carboxylic acids is 1. The lowest BCUT2D eigenvalue weighted by atomic mass is 10.1. The molecule has 146 valence electrons. The monoisotopic (exact) mass is 375 g/mol. The zero-order chi connectivity index (χ0) is 20.1. The Morgan fingerprint density at radius 3 is 2.22 bits per heavy atom. The van der Waals surface area contributed by atoms with E-state index in [2.05, 4.69) is 0 Å². The lowest BCUT2D eigenvalue weighted by Crippen LogP contribution is -2.37. The van der Waals surface area contributed by atoms with Gasteiger partial charge in [0.05, 0.1) is 6.54 Å². The highest BCUT2D eigenvalue weighted by Gasteiger charge is 2.20. The fourth-order valence-electron chi connectivity index (χ4n) is 2.80. The van der Waals surface area contributed by atoms with E-state index in [0.717, 1.165) is 23.4 Å². The van der Waals surface area contributed by atoms with Crippen LogP contribution in [0.5, 0.6) is 0 Å². The quantitative estimate of drug-likeness (QED) is 0.739. The van der Waals surface area contributed by atoms with Crippen LogP contribution in [0.1, 0.15) is 24.1 Å². The number of halogens is 2. The maximum atomic E-state index is 14.0. The molecule has 1 unspecified atom stereocenters. The number of hydrogen-bond donors (Lipinski definition) is 0. The molecule has 2 rings (SSSR count). The molecular weight excluding hydrogens is 348 g/mol. The van der Waals surface area contributed by atoms with Gasteiger partial charge in [0.1, 0.15) is 11.6 Å². The maximum absolute atomic E-state index is 14.0. The van der Waals surface area contributed by atoms with Crippen molar-refractivity contribution < 1.29 is 13.6 Å². The molecule has 1 amide bonds. The van der Waals surface area contributed by atoms with Gasteiger partial charge in [-0.3, -0.25) is 9.69 Å². The molecule has 0 aliphatic carbocycles. The van der Waals surface area contributed by atoms with Crippen molar-refractivity contribution in [3.8, 4) is 0 Å². The molecule has 27 heavy (non-hydrogen) atoms. The minimum absolute atomic E-state index is 0.0853. The predicted octanol–water partition coefficient (Wildman–Crippen LogP) is 3.68. The number of amides is 1. The summed E-state index contributed by atoms with van der Waals surface area (Å²) in [5, 5.41) is 0. The van der Waals surface area contributed by atoms with E-state index in [1.54, 1.807) is 30.8 Å². The summed E-state index contributed by atoms with van der Waals surface area (Å²) in [5.41, 5.74) is 2.37. The van der Waals surface area contributed by atoms with E-state index >= 15 is 0 Å². The first kappa shape index (κ1) is 20.8. The average Bonchev–Trinajstić information content (AvgIpc) is 2.63. The largest absolute Gasteiger partial charge is 0.378 e. The third-order valence-electron chi connectivity index (χ3n) is 4.75. The highest BCUT2D eigenvalue weighted by Crippen LogP contribution is 2.23. The fraction of sp³-hybridized carbons (Fsp3) is 0.381. The van der Waals surface area contributed by atoms with Crippen LogP contribution in [-0.2, 0) is 11.3 Å². The number of benzene rings is 2. The Hall–Kier alpha value is -2.47. The molecule has 0 aromatic heterocycles. The average molecular weight is 375 g/mol. The lowest BCUT2D eigenvalue weighted by molar-refractivity contribution is -0.131. The topological polar surface area (TPSA) is 26.8 Å². The Kier molecular flexibility index (Phi) is 6.91. The predicted molar refractivity (Wildman–Crippen MR) is 105 cm³/mol. The van der Waals surface area contributed by atoms with Gasteiger partial charge in [-0.2, -0.15) is 0 Å². The molecule has 0 N–H and O–H groups in total. The van der Waals surface area contributed by atoms with Crippen LogP contribution in [0.25, 0.3) is 0 Å². The van der Waals surface area contributed by atoms with Crippen molar-refractivity contribution in [2.24, 2.45) is 0 Å². The smallest absolute Gasteiger partial charge is 0.236 e. The summed E-state index contributed by atoms with van der Waals surface area (Å²) in [6.07, 6.45) is 0. The summed E-state index contributed by atoms with van der Waals surface area (Å²) >= 11 is 0. The number of hydrogen-bond acceptors (Lipinski definition) is 3. The second-order valence-electron chi connectivity index (χ2n) is 7.07. The summed E-state index contributed by atoms with van der Waals surface area (Å²) in [7, 11) is 7.42. The van der Waals surface area contributed by atoms with Crippen LogP contribution < -0.4 is 4.90 Å². The van der Waals surface area contributed by atoms with Gasteiger partial charge >= 0.3 is 0 Å². The number of anilines is 1. The van der Waals surface area contributed by atoms with Gasteiger partial charge in [-0.25, -0.2) is 8.78 Å². The molecule has 1 atom stereocenters. The Bertz CT molecular complexity index is 777. The Labute approximate surface area is 160 Å². The molecule has 0 heterocycles. The van der Waals surface area contributed by atoms with Crippen molar-refractivity contribution in [3.63, 3.8) is 0 Å². The van der Waals surface area contributed by atoms with Gasteiger partial charge in [0.2, 0.25) is 5.91 Å². The van der Waals surface area contributed by atoms with E-state index in [1.165, 1.54) is 6.07 Å². The molecule has 0 radical (unpaired) electrons. The SMILES string of the molecule is CC(c1cc(F)ccc1F)N(C)CC(=O)N(C)Cc1ccc(N(C)C)cc1. The molecule has 2 aromatic rings. The van der Waals surface area contributed by atoms with Crippen molar-refractivity contribution in [1.82, 2.24) is 9.80 Å². The van der Waals surface area contributed by atoms with Crippen LogP contribution in [0.4, 0.5) is 14.5 Å². The van der Waals surface area contributed by atoms with Crippen LogP contribution in [-0.4, -0.2) is 50.4 Å². The van der Waals surface area contributed by atoms with E-state index in [9.17, 15) is 13.6 Å². The summed E-state index contributed by atoms with van der Waals surface area (Å²) < 4.78 is 27.4. The van der Waals surface area contributed by atoms with Gasteiger partial charge in [0.25, 0.3) is 0 Å². The normalized spacial score (nSPS) is 12.1. The van der Waals surface area contributed by atoms with Crippen LogP contribution >= 0.6 is 0 Å². The van der Waals surface area contributed by atoms with Gasteiger partial charge < -0.3 is 9.80 Å². The molecule has 0 aliphatic heterocycles. The summed E-state index contributed by atoms with van der Waals surface area (Å²) in [6.45, 7) is 2.36. The second kappa shape index (κ2) is 8.95. The van der Waals surface area contributed by atoms with Crippen LogP contribution in [0.15, 0.2) is 42.5 Å². The number of nitrogens with zero attached hydrogens (tertiary/aromatic N) is 3. The van der Waals surface area contributed by atoms with E-state index in [1.807, 2.05) is 43.3 Å². The molecular formula is C21H27F2N3O. The highest BCUT2D eigenvalue weighted by atomic mass is 19.1. The number of likely N-dealkylation sites (N-methyl/N-ethyl adjacent to an activating group) is 2. The second-order valence-corrected chi connectivity index (χ2v) is 7.07. The van der Waals surface area contributed by atoms with E-state index in [4.69, 9.17) is 0 Å². The van der Waals surface area contributed by atoms with Gasteiger partial charge in [-0.15, -0.1) is 0 Å². The van der Waals surface area contributed by atoms with Gasteiger partial charge in [-0.05, 0) is 49.9 Å². The molecule has 4 nitrogen and oxygen atoms in total. The van der Waals surface area contributed by atoms with Crippen molar-refractivity contribution in [2.75, 3.05) is 39.6 Å². The van der Waals surface area contributed by atoms with Crippen molar-refractivity contribution in [1.29, 1.82) is 0 Å². The standard InChI is InChI=1S/C21H27F2N3O/c1-15(19-12-17(22)8-11-20(19)23)25(4)14-21(27)26(5)13-16-6-9-18(10-7-16)24(2)3/h6-12,15H,13-14H2,1-5H3. The number of carbonyl (C=O) groups is 1. The van der Waals surface area contributed by atoms with Crippen LogP contribution in [0.3, 0.4) is 0 Å². The summed E-state index contributed by atoms with van der Waals surface area (Å²) in [5.74, 6) is -1.05. The Morgan fingerprint density at radius 2 is 1.63 bits per heavy atom. The first-order chi connectivity index (χ1) is 12.7. The Morgan fingerprint density at radius 1 is 1.00 bits per heavy atom. The van der Waals surface area contributed by atoms with E-state index in [0.29, 0.717) is 6.54 Å². The third kappa shape index (κ3) is 5.50. The molecule has 2 aromatic carbocycles. The van der Waals surface area contributed by atoms with Crippen molar-refractivity contribution in [2.45, 2.75) is 19.5 Å². The van der Waals surface area contributed by atoms with Gasteiger partial charge in [-0.1, -0.05) is 12.1 Å². The van der Waals surface area contributed by atoms with Crippen molar-refractivity contribution >= 4 is 11.6 Å². The van der Waals surface area contributed by atoms with E-state index < -0.39 is 17.7 Å². The molecule has 0 spiro atoms. The minimum Gasteiger partial charge on any atom is -0.378 e. The fourth-order valence-corrected chi connectivity index (χ4v) is 2.80. The minimum atomic E-state index is -0.490. The van der Waals surface area contributed by atoms with Crippen LogP contribution in [0.2, 0.25) is 0 Å². The van der Waals surface area contributed by atoms with Crippen LogP contribution in [0, 0.1) is 11.6 Å². The molecule has 0 fully saturated rings. The molecule has 0 saturated carbocycles. The summed E-state index contributed by atoms with van der Waals surface area (Å²) in [6, 6.07) is 11.0. The van der Waals surface area contributed by atoms with E-state index in [-0.39, 0.29) is 18.0 Å². The summed E-state index contributed by atoms with van der Waals surface area (Å²) in [4.78, 5) is 17.9. The zero-order valence-corrected chi connectivity index (χ0v) is 16.5. The first-order valence-electron chi connectivity index (χ1n) is 8.84. The first-order valence-corrected chi connectivity index (χ1v) is 8.84. The lowest BCUT2D eigenvalue weighted by Gasteiger charge is -2.27. The molecule has 6 heteroatoms.